The van der Waals surface area contributed by atoms with Crippen LogP contribution in [0.3, 0.4) is 0 Å². The summed E-state index contributed by atoms with van der Waals surface area (Å²) in [5.41, 5.74) is 0. The predicted molar refractivity (Wildman–Crippen MR) is 91.7 cm³/mol. The summed E-state index contributed by atoms with van der Waals surface area (Å²) >= 11 is 5.40. The van der Waals surface area contributed by atoms with Crippen molar-refractivity contribution in [3.63, 3.8) is 0 Å². The number of hydrogen-bond acceptors (Lipinski definition) is 2. The first-order valence-corrected chi connectivity index (χ1v) is 10.6. The molecule has 3 heteroatoms. The van der Waals surface area contributed by atoms with E-state index in [4.69, 9.17) is 16.3 Å². The zero-order valence-corrected chi connectivity index (χ0v) is 15.2. The van der Waals surface area contributed by atoms with Gasteiger partial charge >= 0.3 is 6.92 Å². The van der Waals surface area contributed by atoms with E-state index in [1.54, 1.807) is 0 Å². The standard InChI is InChI=1S/C16H34OPS/c1-15(2)11-7-5-9-13-17-18(19)14-10-6-8-12-16(3)4/h15-16H,5-14H2,1-4H3/q+1. The molecule has 19 heavy (non-hydrogen) atoms. The topological polar surface area (TPSA) is 9.23 Å². The molecule has 0 spiro atoms. The highest BCUT2D eigenvalue weighted by Gasteiger charge is 2.10. The molecule has 0 aromatic rings. The van der Waals surface area contributed by atoms with Crippen molar-refractivity contribution >= 4 is 18.7 Å². The van der Waals surface area contributed by atoms with Gasteiger partial charge in [0, 0.05) is 0 Å². The minimum Gasteiger partial charge on any atom is -0.168 e. The fraction of sp³-hybridized carbons (Fsp3) is 1.00. The first-order valence-electron chi connectivity index (χ1n) is 8.10. The van der Waals surface area contributed by atoms with Crippen LogP contribution in [0.5, 0.6) is 0 Å². The molecule has 0 aliphatic rings. The van der Waals surface area contributed by atoms with Crippen molar-refractivity contribution in [2.45, 2.75) is 79.1 Å². The molecule has 0 rings (SSSR count). The van der Waals surface area contributed by atoms with Crippen LogP contribution in [0.4, 0.5) is 0 Å². The molecular formula is C16H34OPS+. The van der Waals surface area contributed by atoms with E-state index >= 15 is 0 Å². The summed E-state index contributed by atoms with van der Waals surface area (Å²) in [7, 11) is 0. The van der Waals surface area contributed by atoms with Crippen molar-refractivity contribution in [2.75, 3.05) is 12.8 Å². The Balaban J connectivity index is 3.21. The highest BCUT2D eigenvalue weighted by atomic mass is 32.4. The molecule has 114 valence electrons. The highest BCUT2D eigenvalue weighted by molar-refractivity contribution is 8.02. The summed E-state index contributed by atoms with van der Waals surface area (Å²) in [6.07, 6.45) is 11.6. The van der Waals surface area contributed by atoms with Gasteiger partial charge in [-0.15, -0.1) is 0 Å². The fourth-order valence-electron chi connectivity index (χ4n) is 2.03. The van der Waals surface area contributed by atoms with Crippen molar-refractivity contribution in [3.05, 3.63) is 0 Å². The van der Waals surface area contributed by atoms with Gasteiger partial charge in [0.25, 0.3) is 0 Å². The largest absolute Gasteiger partial charge is 0.337 e. The molecule has 0 fully saturated rings. The Morgan fingerprint density at radius 1 is 0.789 bits per heavy atom. The second-order valence-corrected chi connectivity index (χ2v) is 8.97. The molecule has 0 aromatic carbocycles. The Bertz CT molecular complexity index is 217. The average molecular weight is 305 g/mol. The van der Waals surface area contributed by atoms with Crippen LogP contribution < -0.4 is 0 Å². The molecule has 1 nitrogen and oxygen atoms in total. The van der Waals surface area contributed by atoms with Gasteiger partial charge in [-0.05, 0) is 31.1 Å². The molecule has 0 bridgehead atoms. The van der Waals surface area contributed by atoms with Crippen LogP contribution in [0.1, 0.15) is 79.1 Å². The smallest absolute Gasteiger partial charge is 0.168 e. The quantitative estimate of drug-likeness (QED) is 0.292. The zero-order chi connectivity index (χ0) is 14.5. The summed E-state index contributed by atoms with van der Waals surface area (Å²) < 4.78 is 5.76. The van der Waals surface area contributed by atoms with Crippen LogP contribution >= 0.6 is 6.92 Å². The van der Waals surface area contributed by atoms with Crippen LogP contribution in [0.2, 0.25) is 0 Å². The van der Waals surface area contributed by atoms with Gasteiger partial charge in [-0.1, -0.05) is 59.8 Å². The van der Waals surface area contributed by atoms with E-state index in [-0.39, 0.29) is 0 Å². The van der Waals surface area contributed by atoms with Gasteiger partial charge in [-0.25, -0.2) is 0 Å². The van der Waals surface area contributed by atoms with Crippen LogP contribution in [-0.2, 0) is 16.3 Å². The number of unbranched alkanes of at least 4 members (excludes halogenated alkanes) is 4. The van der Waals surface area contributed by atoms with Gasteiger partial charge in [0.2, 0.25) is 0 Å². The summed E-state index contributed by atoms with van der Waals surface area (Å²) in [5, 5.41) is 0. The molecule has 0 amide bonds. The van der Waals surface area contributed by atoms with Crippen LogP contribution in [0, 0.1) is 11.8 Å². The third-order valence-electron chi connectivity index (χ3n) is 3.28. The Kier molecular flexibility index (Phi) is 13.8. The van der Waals surface area contributed by atoms with Crippen LogP contribution in [0.25, 0.3) is 0 Å². The number of hydrogen-bond donors (Lipinski definition) is 0. The molecule has 0 heterocycles. The highest BCUT2D eigenvalue weighted by Crippen LogP contribution is 2.25. The van der Waals surface area contributed by atoms with E-state index in [1.165, 1.54) is 51.4 Å². The molecular weight excluding hydrogens is 271 g/mol. The minimum absolute atomic E-state index is 0.562. The molecule has 0 N–H and O–H groups in total. The van der Waals surface area contributed by atoms with Gasteiger partial charge in [-0.2, -0.15) is 4.52 Å². The maximum absolute atomic E-state index is 5.76. The van der Waals surface area contributed by atoms with Crippen LogP contribution in [0.15, 0.2) is 0 Å². The first-order chi connectivity index (χ1) is 9.02. The summed E-state index contributed by atoms with van der Waals surface area (Å²) in [6, 6.07) is 0. The van der Waals surface area contributed by atoms with Crippen molar-refractivity contribution in [1.29, 1.82) is 0 Å². The first kappa shape index (κ1) is 19.5. The average Bonchev–Trinajstić information content (AvgIpc) is 2.32. The Hall–Kier alpha value is 0.480. The van der Waals surface area contributed by atoms with E-state index in [0.717, 1.165) is 24.6 Å². The summed E-state index contributed by atoms with van der Waals surface area (Å²) in [4.78, 5) is 0. The lowest BCUT2D eigenvalue weighted by Crippen LogP contribution is -1.92. The van der Waals surface area contributed by atoms with Crippen molar-refractivity contribution in [2.24, 2.45) is 11.8 Å². The van der Waals surface area contributed by atoms with E-state index in [9.17, 15) is 0 Å². The maximum atomic E-state index is 5.76. The van der Waals surface area contributed by atoms with Crippen LogP contribution in [-0.4, -0.2) is 12.8 Å². The number of rotatable bonds is 13. The Morgan fingerprint density at radius 2 is 1.32 bits per heavy atom. The molecule has 0 saturated carbocycles. The lowest BCUT2D eigenvalue weighted by Gasteiger charge is -2.03. The molecule has 0 radical (unpaired) electrons. The second kappa shape index (κ2) is 13.5. The molecule has 0 aromatic heterocycles. The zero-order valence-electron chi connectivity index (χ0n) is 13.5. The van der Waals surface area contributed by atoms with Crippen molar-refractivity contribution < 1.29 is 4.52 Å². The lowest BCUT2D eigenvalue weighted by molar-refractivity contribution is 0.340. The minimum atomic E-state index is -0.562. The molecule has 0 aliphatic heterocycles. The molecule has 1 unspecified atom stereocenters. The molecule has 0 aliphatic carbocycles. The normalized spacial score (nSPS) is 12.4. The monoisotopic (exact) mass is 305 g/mol. The fourth-order valence-corrected chi connectivity index (χ4v) is 3.59. The van der Waals surface area contributed by atoms with Gasteiger partial charge < -0.3 is 0 Å². The van der Waals surface area contributed by atoms with Crippen molar-refractivity contribution in [1.82, 2.24) is 0 Å². The third-order valence-corrected chi connectivity index (χ3v) is 5.30. The second-order valence-electron chi connectivity index (χ2n) is 6.38. The molecule has 0 saturated heterocycles. The van der Waals surface area contributed by atoms with E-state index in [2.05, 4.69) is 27.7 Å². The Labute approximate surface area is 127 Å². The van der Waals surface area contributed by atoms with E-state index in [0.29, 0.717) is 0 Å². The summed E-state index contributed by atoms with van der Waals surface area (Å²) in [5.74, 6) is 1.68. The Morgan fingerprint density at radius 3 is 1.84 bits per heavy atom. The van der Waals surface area contributed by atoms with E-state index < -0.39 is 6.92 Å². The van der Waals surface area contributed by atoms with Crippen molar-refractivity contribution in [3.8, 4) is 0 Å². The van der Waals surface area contributed by atoms with Gasteiger partial charge in [-0.3, -0.25) is 0 Å². The predicted octanol–water partition coefficient (Wildman–Crippen LogP) is 6.29. The molecule has 1 atom stereocenters. The van der Waals surface area contributed by atoms with Gasteiger partial charge in [0.1, 0.15) is 12.8 Å². The van der Waals surface area contributed by atoms with E-state index in [1.807, 2.05) is 0 Å². The van der Waals surface area contributed by atoms with Gasteiger partial charge in [0.05, 0.1) is 0 Å². The SMILES string of the molecule is CC(C)CCCCCO[P+](=S)CCCCCC(C)C. The summed E-state index contributed by atoms with van der Waals surface area (Å²) in [6.45, 7) is 9.49. The van der Waals surface area contributed by atoms with Gasteiger partial charge in [0.15, 0.2) is 11.8 Å². The maximum Gasteiger partial charge on any atom is 0.337 e. The third kappa shape index (κ3) is 16.4. The lowest BCUT2D eigenvalue weighted by atomic mass is 10.1.